The zero-order valence-electron chi connectivity index (χ0n) is 14.4. The van der Waals surface area contributed by atoms with Crippen molar-refractivity contribution in [2.75, 3.05) is 32.7 Å². The van der Waals surface area contributed by atoms with E-state index in [0.29, 0.717) is 11.5 Å². The van der Waals surface area contributed by atoms with E-state index in [2.05, 4.69) is 10.2 Å². The zero-order chi connectivity index (χ0) is 17.2. The Hall–Kier alpha value is -1.73. The van der Waals surface area contributed by atoms with Crippen LogP contribution in [0.3, 0.4) is 0 Å². The number of rotatable bonds is 5. The Morgan fingerprint density at radius 3 is 3.08 bits per heavy atom. The third-order valence-electron chi connectivity index (χ3n) is 5.28. The number of hydrogen-bond donors (Lipinski definition) is 2. The van der Waals surface area contributed by atoms with Crippen LogP contribution in [-0.2, 0) is 6.42 Å². The van der Waals surface area contributed by atoms with Crippen molar-refractivity contribution in [3.05, 3.63) is 23.3 Å². The molecule has 0 bridgehead atoms. The molecule has 0 amide bonds. The first-order chi connectivity index (χ1) is 12.2. The minimum atomic E-state index is -0.994. The van der Waals surface area contributed by atoms with Gasteiger partial charge in [-0.15, -0.1) is 0 Å². The van der Waals surface area contributed by atoms with Crippen molar-refractivity contribution in [3.8, 4) is 11.5 Å². The number of ether oxygens (including phenoxy) is 1. The maximum atomic E-state index is 11.7. The highest BCUT2D eigenvalue weighted by Gasteiger charge is 2.32. The van der Waals surface area contributed by atoms with Crippen LogP contribution in [0, 0.1) is 5.92 Å². The van der Waals surface area contributed by atoms with Crippen LogP contribution in [0.1, 0.15) is 28.8 Å². The van der Waals surface area contributed by atoms with Crippen molar-refractivity contribution in [1.29, 1.82) is 0 Å². The molecule has 4 rings (SSSR count). The van der Waals surface area contributed by atoms with Crippen LogP contribution in [0.25, 0.3) is 0 Å². The molecule has 1 radical (unpaired) electrons. The summed E-state index contributed by atoms with van der Waals surface area (Å²) in [6.07, 6.45) is 4.21. The molecular weight excluding hydrogens is 319 g/mol. The third-order valence-corrected chi connectivity index (χ3v) is 5.28. The van der Waals surface area contributed by atoms with E-state index in [0.717, 1.165) is 56.9 Å². The van der Waals surface area contributed by atoms with Crippen molar-refractivity contribution in [2.24, 2.45) is 5.92 Å². The first-order valence-electron chi connectivity index (χ1n) is 9.18. The van der Waals surface area contributed by atoms with Gasteiger partial charge in [0.15, 0.2) is 0 Å². The Kier molecular flexibility index (Phi) is 4.86. The molecule has 1 atom stereocenters. The fourth-order valence-corrected chi connectivity index (χ4v) is 3.97. The number of nitrogens with zero attached hydrogens (tertiary/aromatic N) is 1. The van der Waals surface area contributed by atoms with Gasteiger partial charge in [-0.1, -0.05) is 6.07 Å². The average Bonchev–Trinajstić information content (AvgIpc) is 2.60. The smallest absolute Gasteiger partial charge is 0.370 e. The van der Waals surface area contributed by atoms with Crippen LogP contribution < -0.4 is 14.7 Å². The molecule has 25 heavy (non-hydrogen) atoms. The van der Waals surface area contributed by atoms with Gasteiger partial charge in [0.25, 0.3) is 0 Å². The van der Waals surface area contributed by atoms with Gasteiger partial charge in [0.1, 0.15) is 23.2 Å². The summed E-state index contributed by atoms with van der Waals surface area (Å²) in [5.74, 6) is 0.592. The van der Waals surface area contributed by atoms with Crippen molar-refractivity contribution in [3.63, 3.8) is 0 Å². The second kappa shape index (κ2) is 7.26. The van der Waals surface area contributed by atoms with Crippen LogP contribution in [-0.4, -0.2) is 62.3 Å². The summed E-state index contributed by atoms with van der Waals surface area (Å²) in [6, 6.07) is 3.71. The molecule has 7 heteroatoms. The van der Waals surface area contributed by atoms with Crippen molar-refractivity contribution < 1.29 is 19.3 Å². The molecule has 2 N–H and O–H groups in total. The predicted molar refractivity (Wildman–Crippen MR) is 94.7 cm³/mol. The summed E-state index contributed by atoms with van der Waals surface area (Å²) in [7, 11) is 1.67. The minimum Gasteiger partial charge on any atom is -0.562 e. The Bertz CT molecular complexity index is 642. The third kappa shape index (κ3) is 3.62. The lowest BCUT2D eigenvalue weighted by Gasteiger charge is -2.41. The van der Waals surface area contributed by atoms with E-state index < -0.39 is 5.97 Å². The molecule has 1 aromatic carbocycles. The highest BCUT2D eigenvalue weighted by molar-refractivity contribution is 6.29. The normalized spacial score (nSPS) is 23.8. The molecule has 0 aliphatic carbocycles. The maximum Gasteiger partial charge on any atom is 0.370 e. The molecule has 0 spiro atoms. The summed E-state index contributed by atoms with van der Waals surface area (Å²) in [5.41, 5.74) is 1.09. The number of aryl methyl sites for hydroxylation is 1. The highest BCUT2D eigenvalue weighted by atomic mass is 16.5. The second-order valence-corrected chi connectivity index (χ2v) is 7.23. The van der Waals surface area contributed by atoms with Crippen molar-refractivity contribution in [1.82, 2.24) is 10.2 Å². The van der Waals surface area contributed by atoms with Crippen LogP contribution in [0.4, 0.5) is 0 Å². The van der Waals surface area contributed by atoms with Crippen molar-refractivity contribution in [2.45, 2.75) is 31.7 Å². The number of hydrogen-bond acceptors (Lipinski definition) is 5. The van der Waals surface area contributed by atoms with E-state index in [1.54, 1.807) is 13.5 Å². The van der Waals surface area contributed by atoms with Crippen molar-refractivity contribution >= 4 is 13.5 Å². The van der Waals surface area contributed by atoms with E-state index in [1.165, 1.54) is 12.8 Å². The number of carboxylic acid groups (broad SMARTS) is 1. The lowest BCUT2D eigenvalue weighted by Crippen LogP contribution is -2.56. The molecule has 3 aliphatic rings. The van der Waals surface area contributed by atoms with Gasteiger partial charge in [-0.05, 0) is 56.2 Å². The summed E-state index contributed by atoms with van der Waals surface area (Å²) < 4.78 is 11.5. The van der Waals surface area contributed by atoms with Crippen LogP contribution in [0.2, 0.25) is 6.32 Å². The SMILES string of the molecule is O=C(O)c1c(OC2CN(CC3CCCNC3)C2)ccc2c1O[B]CC2. The van der Waals surface area contributed by atoms with Gasteiger partial charge < -0.3 is 19.8 Å². The molecule has 6 nitrogen and oxygen atoms in total. The first-order valence-corrected chi connectivity index (χ1v) is 9.18. The number of likely N-dealkylation sites (tertiary alicyclic amines) is 1. The summed E-state index contributed by atoms with van der Waals surface area (Å²) >= 11 is 0. The van der Waals surface area contributed by atoms with Gasteiger partial charge >= 0.3 is 13.5 Å². The quantitative estimate of drug-likeness (QED) is 0.788. The number of aromatic carboxylic acids is 1. The fraction of sp³-hybridized carbons (Fsp3) is 0.611. The minimum absolute atomic E-state index is 0.0558. The molecule has 2 fully saturated rings. The van der Waals surface area contributed by atoms with E-state index in [-0.39, 0.29) is 11.7 Å². The van der Waals surface area contributed by atoms with E-state index in [9.17, 15) is 9.90 Å². The lowest BCUT2D eigenvalue weighted by molar-refractivity contribution is 0.00713. The summed E-state index contributed by atoms with van der Waals surface area (Å²) in [5, 5.41) is 13.1. The molecule has 2 saturated heterocycles. The predicted octanol–water partition coefficient (Wildman–Crippen LogP) is 1.42. The Morgan fingerprint density at radius 1 is 1.44 bits per heavy atom. The molecule has 0 aromatic heterocycles. The molecule has 1 unspecified atom stereocenters. The number of carboxylic acids is 1. The second-order valence-electron chi connectivity index (χ2n) is 7.23. The molecule has 3 heterocycles. The summed E-state index contributed by atoms with van der Waals surface area (Å²) in [6.45, 7) is 5.06. The van der Waals surface area contributed by atoms with Crippen LogP contribution in [0.15, 0.2) is 12.1 Å². The van der Waals surface area contributed by atoms with Gasteiger partial charge in [-0.2, -0.15) is 0 Å². The molecule has 3 aliphatic heterocycles. The standard InChI is InChI=1S/C18H24BN2O4/c22-18(23)16-15(4-3-13-5-6-19-25-17(13)16)24-14-10-21(11-14)9-12-2-1-7-20-8-12/h3-4,12,14,20H,1-2,5-11H2,(H,22,23). The number of fused-ring (bicyclic) bond motifs is 1. The van der Waals surface area contributed by atoms with E-state index in [4.69, 9.17) is 9.39 Å². The maximum absolute atomic E-state index is 11.7. The Morgan fingerprint density at radius 2 is 2.32 bits per heavy atom. The number of carbonyl (C=O) groups is 1. The van der Waals surface area contributed by atoms with E-state index in [1.807, 2.05) is 6.07 Å². The first kappa shape index (κ1) is 16.7. The zero-order valence-corrected chi connectivity index (χ0v) is 14.4. The van der Waals surface area contributed by atoms with Gasteiger partial charge in [0.05, 0.1) is 0 Å². The molecule has 133 valence electrons. The van der Waals surface area contributed by atoms with Gasteiger partial charge in [0.2, 0.25) is 0 Å². The van der Waals surface area contributed by atoms with Crippen LogP contribution >= 0.6 is 0 Å². The Labute approximate surface area is 148 Å². The van der Waals surface area contributed by atoms with Gasteiger partial charge in [-0.25, -0.2) is 4.79 Å². The van der Waals surface area contributed by atoms with E-state index >= 15 is 0 Å². The van der Waals surface area contributed by atoms with Gasteiger partial charge in [0, 0.05) is 19.6 Å². The lowest BCUT2D eigenvalue weighted by atomic mass is 9.85. The van der Waals surface area contributed by atoms with Gasteiger partial charge in [-0.3, -0.25) is 4.90 Å². The molecule has 0 saturated carbocycles. The average molecular weight is 343 g/mol. The number of nitrogens with one attached hydrogen (secondary N) is 1. The Balaban J connectivity index is 1.38. The summed E-state index contributed by atoms with van der Waals surface area (Å²) in [4.78, 5) is 14.1. The number of benzene rings is 1. The largest absolute Gasteiger partial charge is 0.562 e. The topological polar surface area (TPSA) is 71.0 Å². The highest BCUT2D eigenvalue weighted by Crippen LogP contribution is 2.36. The monoisotopic (exact) mass is 343 g/mol. The molecule has 1 aromatic rings. The molecular formula is C18H24BN2O4. The fourth-order valence-electron chi connectivity index (χ4n) is 3.97. The number of piperidine rings is 1. The van der Waals surface area contributed by atoms with Crippen LogP contribution in [0.5, 0.6) is 11.5 Å².